The fourth-order valence-corrected chi connectivity index (χ4v) is 10.2. The molecule has 4 nitrogen and oxygen atoms in total. The molecule has 12 aromatic rings. The summed E-state index contributed by atoms with van der Waals surface area (Å²) in [5, 5.41) is 5.03. The predicted octanol–water partition coefficient (Wildman–Crippen LogP) is 15.3. The predicted molar refractivity (Wildman–Crippen MR) is 260 cm³/mol. The molecule has 62 heavy (non-hydrogen) atoms. The Morgan fingerprint density at radius 1 is 0.323 bits per heavy atom. The Labute approximate surface area is 362 Å². The molecule has 0 bridgehead atoms. The minimum absolute atomic E-state index is 0.622. The number of rotatable bonds is 7. The van der Waals surface area contributed by atoms with E-state index >= 15 is 0 Å². The van der Waals surface area contributed by atoms with Crippen LogP contribution in [0.5, 0.6) is 0 Å². The van der Waals surface area contributed by atoms with E-state index in [1.54, 1.807) is 0 Å². The van der Waals surface area contributed by atoms with Crippen LogP contribution in [-0.2, 0) is 0 Å². The third kappa shape index (κ3) is 6.09. The van der Waals surface area contributed by atoms with Crippen molar-refractivity contribution in [3.63, 3.8) is 0 Å². The van der Waals surface area contributed by atoms with Crippen molar-refractivity contribution < 1.29 is 0 Å². The lowest BCUT2D eigenvalue weighted by atomic mass is 9.90. The Bertz CT molecular complexity index is 3560. The van der Waals surface area contributed by atoms with E-state index in [1.807, 2.05) is 47.7 Å². The topological polar surface area (TPSA) is 43.6 Å². The second-order valence-corrected chi connectivity index (χ2v) is 16.6. The molecule has 5 heteroatoms. The molecule has 0 fully saturated rings. The minimum atomic E-state index is 0.622. The maximum Gasteiger partial charge on any atom is 0.164 e. The largest absolute Gasteiger partial charge is 0.309 e. The molecule has 0 saturated carbocycles. The van der Waals surface area contributed by atoms with Gasteiger partial charge in [-0.1, -0.05) is 182 Å². The van der Waals surface area contributed by atoms with Gasteiger partial charge in [0, 0.05) is 53.3 Å². The average Bonchev–Trinajstić information content (AvgIpc) is 3.90. The number of para-hydroxylation sites is 2. The fraction of sp³-hybridized carbons (Fsp3) is 0. The van der Waals surface area contributed by atoms with Crippen molar-refractivity contribution in [2.24, 2.45) is 0 Å². The molecule has 0 saturated heterocycles. The van der Waals surface area contributed by atoms with Crippen LogP contribution in [0.3, 0.4) is 0 Å². The Hall–Kier alpha value is -7.99. The number of hydrogen-bond donors (Lipinski definition) is 0. The number of aromatic nitrogens is 4. The molecule has 3 aromatic heterocycles. The maximum absolute atomic E-state index is 5.27. The summed E-state index contributed by atoms with van der Waals surface area (Å²) in [5.74, 6) is 1.89. The van der Waals surface area contributed by atoms with Gasteiger partial charge in [-0.3, -0.25) is 0 Å². The van der Waals surface area contributed by atoms with Crippen LogP contribution in [0.25, 0.3) is 115 Å². The van der Waals surface area contributed by atoms with Crippen molar-refractivity contribution in [2.75, 3.05) is 0 Å². The molecule has 0 amide bonds. The molecule has 0 aliphatic heterocycles. The summed E-state index contributed by atoms with van der Waals surface area (Å²) in [6.45, 7) is 0. The molecule has 0 aliphatic rings. The van der Waals surface area contributed by atoms with Gasteiger partial charge in [0.05, 0.1) is 11.0 Å². The number of benzene rings is 9. The zero-order valence-corrected chi connectivity index (χ0v) is 34.3. The standard InChI is InChI=1S/C57H36N4S/c1-5-17-37(18-6-1)43-25-13-14-26-44(43)40-29-31-45(49(35-40)57-59-55(38-19-7-2-8-20-38)58-56(60-57)39-21-9-3-10-22-39)41-30-32-48-52(36-41)62-51-34-33-47-46-27-15-16-28-50(46)61(54(47)53(48)51)42-23-11-4-12-24-42/h1-36H. The summed E-state index contributed by atoms with van der Waals surface area (Å²) < 4.78 is 4.92. The van der Waals surface area contributed by atoms with Crippen molar-refractivity contribution >= 4 is 53.3 Å². The van der Waals surface area contributed by atoms with Gasteiger partial charge in [0.15, 0.2) is 17.5 Å². The number of nitrogens with zero attached hydrogens (tertiary/aromatic N) is 4. The summed E-state index contributed by atoms with van der Waals surface area (Å²) in [6, 6.07) is 77.4. The Morgan fingerprint density at radius 2 is 0.839 bits per heavy atom. The van der Waals surface area contributed by atoms with Gasteiger partial charge < -0.3 is 4.57 Å². The zero-order chi connectivity index (χ0) is 41.0. The molecule has 9 aromatic carbocycles. The lowest BCUT2D eigenvalue weighted by Gasteiger charge is -2.16. The van der Waals surface area contributed by atoms with E-state index in [2.05, 4.69) is 187 Å². The van der Waals surface area contributed by atoms with E-state index in [-0.39, 0.29) is 0 Å². The first-order valence-corrected chi connectivity index (χ1v) is 21.7. The highest BCUT2D eigenvalue weighted by Gasteiger charge is 2.21. The molecular weight excluding hydrogens is 773 g/mol. The lowest BCUT2D eigenvalue weighted by molar-refractivity contribution is 1.07. The number of hydrogen-bond acceptors (Lipinski definition) is 4. The third-order valence-corrected chi connectivity index (χ3v) is 13.0. The van der Waals surface area contributed by atoms with E-state index < -0.39 is 0 Å². The van der Waals surface area contributed by atoms with Gasteiger partial charge in [0.25, 0.3) is 0 Å². The van der Waals surface area contributed by atoms with Crippen LogP contribution < -0.4 is 0 Å². The molecule has 0 spiro atoms. The zero-order valence-electron chi connectivity index (χ0n) is 33.5. The van der Waals surface area contributed by atoms with Gasteiger partial charge in [-0.15, -0.1) is 11.3 Å². The van der Waals surface area contributed by atoms with Gasteiger partial charge in [-0.05, 0) is 69.8 Å². The molecule has 0 N–H and O–H groups in total. The highest BCUT2D eigenvalue weighted by atomic mass is 32.1. The second-order valence-electron chi connectivity index (χ2n) is 15.5. The monoisotopic (exact) mass is 808 g/mol. The smallest absolute Gasteiger partial charge is 0.164 e. The van der Waals surface area contributed by atoms with Crippen molar-refractivity contribution in [1.29, 1.82) is 0 Å². The Balaban J connectivity index is 1.10. The first kappa shape index (κ1) is 35.9. The second kappa shape index (κ2) is 14.9. The average molecular weight is 809 g/mol. The van der Waals surface area contributed by atoms with Crippen molar-refractivity contribution in [1.82, 2.24) is 19.5 Å². The number of fused-ring (bicyclic) bond motifs is 7. The molecular formula is C57H36N4S. The molecule has 0 atom stereocenters. The highest BCUT2D eigenvalue weighted by molar-refractivity contribution is 7.26. The van der Waals surface area contributed by atoms with Crippen molar-refractivity contribution in [3.8, 4) is 73.2 Å². The van der Waals surface area contributed by atoms with Gasteiger partial charge in [0.2, 0.25) is 0 Å². The quantitative estimate of drug-likeness (QED) is 0.161. The summed E-state index contributed by atoms with van der Waals surface area (Å²) in [7, 11) is 0. The van der Waals surface area contributed by atoms with E-state index in [4.69, 9.17) is 15.0 Å². The van der Waals surface area contributed by atoms with Crippen LogP contribution in [0.4, 0.5) is 0 Å². The van der Waals surface area contributed by atoms with Crippen LogP contribution in [0, 0.1) is 0 Å². The first-order valence-electron chi connectivity index (χ1n) is 20.9. The molecule has 0 radical (unpaired) electrons. The molecule has 0 aliphatic carbocycles. The summed E-state index contributed by atoms with van der Waals surface area (Å²) in [6.07, 6.45) is 0. The summed E-state index contributed by atoms with van der Waals surface area (Å²) in [4.78, 5) is 15.6. The molecule has 12 rings (SSSR count). The normalized spacial score (nSPS) is 11.5. The summed E-state index contributed by atoms with van der Waals surface area (Å²) in [5.41, 5.74) is 13.1. The molecule has 3 heterocycles. The van der Waals surface area contributed by atoms with E-state index in [0.29, 0.717) is 17.5 Å². The van der Waals surface area contributed by atoms with Gasteiger partial charge in [-0.25, -0.2) is 15.0 Å². The summed E-state index contributed by atoms with van der Waals surface area (Å²) >= 11 is 1.85. The fourth-order valence-electron chi connectivity index (χ4n) is 9.01. The van der Waals surface area contributed by atoms with Crippen LogP contribution in [0.15, 0.2) is 218 Å². The van der Waals surface area contributed by atoms with Gasteiger partial charge in [0.1, 0.15) is 0 Å². The van der Waals surface area contributed by atoms with Crippen LogP contribution >= 0.6 is 11.3 Å². The van der Waals surface area contributed by atoms with Crippen molar-refractivity contribution in [2.45, 2.75) is 0 Å². The van der Waals surface area contributed by atoms with Crippen LogP contribution in [0.2, 0.25) is 0 Å². The van der Waals surface area contributed by atoms with Gasteiger partial charge >= 0.3 is 0 Å². The van der Waals surface area contributed by atoms with E-state index in [9.17, 15) is 0 Å². The third-order valence-electron chi connectivity index (χ3n) is 11.9. The SMILES string of the molecule is c1ccc(-c2nc(-c3ccccc3)nc(-c3cc(-c4ccccc4-c4ccccc4)ccc3-c3ccc4c(c3)sc3ccc5c6ccccc6n(-c6ccccc6)c5c34)n2)cc1. The lowest BCUT2D eigenvalue weighted by Crippen LogP contribution is -2.01. The Kier molecular flexibility index (Phi) is 8.65. The maximum atomic E-state index is 5.27. The minimum Gasteiger partial charge on any atom is -0.309 e. The molecule has 290 valence electrons. The van der Waals surface area contributed by atoms with Crippen molar-refractivity contribution in [3.05, 3.63) is 218 Å². The van der Waals surface area contributed by atoms with E-state index in [1.165, 1.54) is 53.1 Å². The highest BCUT2D eigenvalue weighted by Crippen LogP contribution is 2.45. The van der Waals surface area contributed by atoms with Crippen LogP contribution in [0.1, 0.15) is 0 Å². The Morgan fingerprint density at radius 3 is 1.53 bits per heavy atom. The van der Waals surface area contributed by atoms with E-state index in [0.717, 1.165) is 44.6 Å². The molecule has 0 unspecified atom stereocenters. The number of thiophene rings is 1. The van der Waals surface area contributed by atoms with Gasteiger partial charge in [-0.2, -0.15) is 0 Å². The van der Waals surface area contributed by atoms with Crippen LogP contribution in [-0.4, -0.2) is 19.5 Å². The first-order chi connectivity index (χ1) is 30.7.